The first-order valence-corrected chi connectivity index (χ1v) is 10.2. The fourth-order valence-corrected chi connectivity index (χ4v) is 8.43. The molecule has 5 aliphatic rings. The summed E-state index contributed by atoms with van der Waals surface area (Å²) in [5.74, 6) is 5.02. The molecule has 4 aliphatic carbocycles. The smallest absolute Gasteiger partial charge is 0.0612 e. The Balaban J connectivity index is 1.47. The summed E-state index contributed by atoms with van der Waals surface area (Å²) >= 11 is 0. The highest BCUT2D eigenvalue weighted by Gasteiger charge is 2.62. The second-order valence-electron chi connectivity index (χ2n) is 9.99. The molecule has 0 spiro atoms. The van der Waals surface area contributed by atoms with Gasteiger partial charge in [0.25, 0.3) is 0 Å². The zero-order valence-corrected chi connectivity index (χ0v) is 14.7. The Bertz CT molecular complexity index is 453. The second kappa shape index (κ2) is 4.74. The Hall–Kier alpha value is -0.0400. The molecule has 1 heterocycles. The van der Waals surface area contributed by atoms with E-state index in [0.717, 1.165) is 36.2 Å². The summed E-state index contributed by atoms with van der Waals surface area (Å²) in [4.78, 5) is 0. The van der Waals surface area contributed by atoms with Crippen LogP contribution in [0.2, 0.25) is 0 Å². The maximum atomic E-state index is 6.15. The lowest BCUT2D eigenvalue weighted by molar-refractivity contribution is -0.110. The molecule has 0 amide bonds. The minimum absolute atomic E-state index is 0.625. The van der Waals surface area contributed by atoms with E-state index in [-0.39, 0.29) is 0 Å². The summed E-state index contributed by atoms with van der Waals surface area (Å²) in [7, 11) is 0. The maximum absolute atomic E-state index is 6.15. The van der Waals surface area contributed by atoms with E-state index in [1.807, 2.05) is 0 Å². The number of fused-ring (bicyclic) bond motifs is 7. The minimum Gasteiger partial charge on any atom is -0.378 e. The molecule has 1 nitrogen and oxygen atoms in total. The van der Waals surface area contributed by atoms with E-state index in [2.05, 4.69) is 13.8 Å². The van der Waals surface area contributed by atoms with Gasteiger partial charge < -0.3 is 4.74 Å². The average molecular weight is 303 g/mol. The van der Waals surface area contributed by atoms with E-state index in [4.69, 9.17) is 4.74 Å². The molecule has 22 heavy (non-hydrogen) atoms. The van der Waals surface area contributed by atoms with Crippen LogP contribution in [0.3, 0.4) is 0 Å². The fourth-order valence-electron chi connectivity index (χ4n) is 8.43. The molecule has 5 rings (SSSR count). The van der Waals surface area contributed by atoms with Crippen LogP contribution in [0.4, 0.5) is 0 Å². The van der Waals surface area contributed by atoms with Gasteiger partial charge in [0.1, 0.15) is 0 Å². The van der Waals surface area contributed by atoms with Gasteiger partial charge in [-0.25, -0.2) is 0 Å². The first-order chi connectivity index (χ1) is 10.6. The lowest BCUT2D eigenvalue weighted by Gasteiger charge is -2.60. The third-order valence-electron chi connectivity index (χ3n) is 9.56. The lowest BCUT2D eigenvalue weighted by atomic mass is 9.45. The predicted molar refractivity (Wildman–Crippen MR) is 89.6 cm³/mol. The summed E-state index contributed by atoms with van der Waals surface area (Å²) in [6.07, 6.45) is 15.6. The molecule has 0 N–H and O–H groups in total. The number of hydrogen-bond donors (Lipinski definition) is 0. The predicted octanol–water partition coefficient (Wildman–Crippen LogP) is 5.43. The highest BCUT2D eigenvalue weighted by atomic mass is 16.5. The first kappa shape index (κ1) is 14.3. The van der Waals surface area contributed by atoms with E-state index in [1.165, 1.54) is 51.4 Å². The summed E-state index contributed by atoms with van der Waals surface area (Å²) < 4.78 is 6.15. The van der Waals surface area contributed by atoms with E-state index >= 15 is 0 Å². The summed E-state index contributed by atoms with van der Waals surface area (Å²) in [5, 5.41) is 0. The number of rotatable bonds is 0. The summed E-state index contributed by atoms with van der Waals surface area (Å²) in [5.41, 5.74) is 1.32. The monoisotopic (exact) mass is 302 g/mol. The van der Waals surface area contributed by atoms with Crippen LogP contribution in [-0.4, -0.2) is 12.7 Å². The molecular weight excluding hydrogens is 268 g/mol. The van der Waals surface area contributed by atoms with Crippen molar-refractivity contribution in [3.8, 4) is 0 Å². The third-order valence-corrected chi connectivity index (χ3v) is 9.56. The van der Waals surface area contributed by atoms with E-state index < -0.39 is 0 Å². The van der Waals surface area contributed by atoms with Crippen molar-refractivity contribution in [2.45, 2.75) is 84.2 Å². The molecule has 8 unspecified atom stereocenters. The molecular formula is C21H34O. The first-order valence-electron chi connectivity index (χ1n) is 10.2. The van der Waals surface area contributed by atoms with Gasteiger partial charge >= 0.3 is 0 Å². The lowest BCUT2D eigenvalue weighted by Crippen LogP contribution is -2.52. The van der Waals surface area contributed by atoms with Crippen molar-refractivity contribution in [3.05, 3.63) is 0 Å². The highest BCUT2D eigenvalue weighted by Crippen LogP contribution is 2.68. The highest BCUT2D eigenvalue weighted by molar-refractivity contribution is 5.11. The normalized spacial score (nSPS) is 60.3. The Morgan fingerprint density at radius 2 is 1.68 bits per heavy atom. The van der Waals surface area contributed by atoms with Gasteiger partial charge in [-0.15, -0.1) is 0 Å². The molecule has 0 aromatic heterocycles. The molecule has 1 saturated heterocycles. The molecule has 0 aromatic carbocycles. The van der Waals surface area contributed by atoms with Gasteiger partial charge in [-0.3, -0.25) is 0 Å². The van der Waals surface area contributed by atoms with Crippen LogP contribution in [0.1, 0.15) is 78.1 Å². The van der Waals surface area contributed by atoms with Crippen LogP contribution in [0.5, 0.6) is 0 Å². The molecule has 8 atom stereocenters. The zero-order valence-electron chi connectivity index (χ0n) is 14.7. The van der Waals surface area contributed by atoms with Crippen molar-refractivity contribution in [2.75, 3.05) is 6.61 Å². The van der Waals surface area contributed by atoms with Crippen LogP contribution in [0.25, 0.3) is 0 Å². The van der Waals surface area contributed by atoms with Crippen molar-refractivity contribution in [1.29, 1.82) is 0 Å². The molecule has 124 valence electrons. The van der Waals surface area contributed by atoms with Crippen molar-refractivity contribution in [1.82, 2.24) is 0 Å². The van der Waals surface area contributed by atoms with E-state index in [9.17, 15) is 0 Å². The molecule has 1 aliphatic heterocycles. The Morgan fingerprint density at radius 3 is 2.59 bits per heavy atom. The topological polar surface area (TPSA) is 9.23 Å². The number of ether oxygens (including phenoxy) is 1. The summed E-state index contributed by atoms with van der Waals surface area (Å²) in [6.45, 7) is 6.40. The molecule has 1 heteroatoms. The third kappa shape index (κ3) is 1.70. The van der Waals surface area contributed by atoms with Gasteiger partial charge in [0.2, 0.25) is 0 Å². The quantitative estimate of drug-likeness (QED) is 0.579. The average Bonchev–Trinajstić information content (AvgIpc) is 3.07. The number of hydrogen-bond acceptors (Lipinski definition) is 1. The summed E-state index contributed by atoms with van der Waals surface area (Å²) in [6, 6.07) is 0. The SMILES string of the molecule is CC12CCCCC1CCC1C2CCC2(C)C3CCOC3CC12. The van der Waals surface area contributed by atoms with Crippen molar-refractivity contribution in [2.24, 2.45) is 40.4 Å². The van der Waals surface area contributed by atoms with Gasteiger partial charge in [-0.2, -0.15) is 0 Å². The van der Waals surface area contributed by atoms with Gasteiger partial charge in [0.05, 0.1) is 6.10 Å². The van der Waals surface area contributed by atoms with E-state index in [0.29, 0.717) is 16.9 Å². The Morgan fingerprint density at radius 1 is 0.773 bits per heavy atom. The van der Waals surface area contributed by atoms with Gasteiger partial charge in [-0.1, -0.05) is 26.7 Å². The van der Waals surface area contributed by atoms with Crippen molar-refractivity contribution < 1.29 is 4.74 Å². The Kier molecular flexibility index (Phi) is 3.09. The molecule has 4 saturated carbocycles. The van der Waals surface area contributed by atoms with Crippen molar-refractivity contribution in [3.63, 3.8) is 0 Å². The van der Waals surface area contributed by atoms with Crippen molar-refractivity contribution >= 4 is 0 Å². The second-order valence-corrected chi connectivity index (χ2v) is 9.99. The fraction of sp³-hybridized carbons (Fsp3) is 1.00. The largest absolute Gasteiger partial charge is 0.378 e. The van der Waals surface area contributed by atoms with Crippen LogP contribution in [-0.2, 0) is 4.74 Å². The molecule has 0 radical (unpaired) electrons. The molecule has 0 aromatic rings. The van der Waals surface area contributed by atoms with Crippen LogP contribution in [0, 0.1) is 40.4 Å². The van der Waals surface area contributed by atoms with Gasteiger partial charge in [0.15, 0.2) is 0 Å². The van der Waals surface area contributed by atoms with E-state index in [1.54, 1.807) is 12.8 Å². The molecule has 5 fully saturated rings. The maximum Gasteiger partial charge on any atom is 0.0612 e. The van der Waals surface area contributed by atoms with Gasteiger partial charge in [0, 0.05) is 6.61 Å². The standard InChI is InChI=1S/C21H34O/c1-20-10-4-3-5-14(20)6-7-15-16(20)8-11-21(2)17-9-12-22-19(17)13-18(15)21/h14-19H,3-13H2,1-2H3. The molecule has 0 bridgehead atoms. The van der Waals surface area contributed by atoms with Crippen LogP contribution >= 0.6 is 0 Å². The van der Waals surface area contributed by atoms with Gasteiger partial charge in [-0.05, 0) is 91.8 Å². The Labute approximate surface area is 136 Å². The van der Waals surface area contributed by atoms with Crippen LogP contribution < -0.4 is 0 Å². The zero-order chi connectivity index (χ0) is 14.9. The minimum atomic E-state index is 0.625. The van der Waals surface area contributed by atoms with Crippen LogP contribution in [0.15, 0.2) is 0 Å².